The number of halogens is 4. The van der Waals surface area contributed by atoms with Crippen molar-refractivity contribution in [2.75, 3.05) is 0 Å². The number of ether oxygens (including phenoxy) is 1. The molecule has 0 atom stereocenters. The van der Waals surface area contributed by atoms with Crippen molar-refractivity contribution < 1.29 is 27.8 Å². The molecule has 4 aromatic rings. The van der Waals surface area contributed by atoms with Gasteiger partial charge in [-0.05, 0) is 59.0 Å². The minimum absolute atomic E-state index is 0.00110. The van der Waals surface area contributed by atoms with E-state index in [1.807, 2.05) is 32.0 Å². The Hall–Kier alpha value is -3.82. The number of para-hydroxylation sites is 1. The Bertz CT molecular complexity index is 1450. The number of hydrogen-bond donors (Lipinski definition) is 2. The van der Waals surface area contributed by atoms with Crippen LogP contribution in [0.4, 0.5) is 13.2 Å². The summed E-state index contributed by atoms with van der Waals surface area (Å²) in [6, 6.07) is 17.7. The van der Waals surface area contributed by atoms with Crippen LogP contribution in [0.1, 0.15) is 58.1 Å². The minimum atomic E-state index is -4.61. The number of rotatable bonds is 10. The van der Waals surface area contributed by atoms with E-state index < -0.39 is 17.7 Å². The lowest BCUT2D eigenvalue weighted by Gasteiger charge is -2.18. The van der Waals surface area contributed by atoms with Crippen molar-refractivity contribution in [3.05, 3.63) is 111 Å². The first kappa shape index (κ1) is 28.2. The van der Waals surface area contributed by atoms with Gasteiger partial charge in [-0.1, -0.05) is 55.8 Å². The first-order valence-corrected chi connectivity index (χ1v) is 12.6. The summed E-state index contributed by atoms with van der Waals surface area (Å²) in [4.78, 5) is 11.1. The molecule has 0 bridgehead atoms. The van der Waals surface area contributed by atoms with Gasteiger partial charge in [-0.15, -0.1) is 0 Å². The summed E-state index contributed by atoms with van der Waals surface area (Å²) in [7, 11) is 0. The van der Waals surface area contributed by atoms with Crippen LogP contribution in [0.25, 0.3) is 5.69 Å². The fourth-order valence-corrected chi connectivity index (χ4v) is 4.44. The second-order valence-electron chi connectivity index (χ2n) is 9.29. The molecule has 1 aromatic heterocycles. The number of aromatic nitrogens is 2. The largest absolute Gasteiger partial charge is 0.487 e. The lowest BCUT2D eigenvalue weighted by Crippen LogP contribution is -2.15. The molecule has 4 rings (SSSR count). The lowest BCUT2D eigenvalue weighted by atomic mass is 10.0. The number of carboxylic acid groups (broad SMARTS) is 1. The molecule has 0 aliphatic carbocycles. The van der Waals surface area contributed by atoms with Crippen LogP contribution in [-0.4, -0.2) is 20.9 Å². The average Bonchev–Trinajstić information content (AvgIpc) is 3.31. The molecule has 0 fully saturated rings. The Morgan fingerprint density at radius 1 is 1.05 bits per heavy atom. The topological polar surface area (TPSA) is 76.4 Å². The van der Waals surface area contributed by atoms with Gasteiger partial charge in [0, 0.05) is 13.1 Å². The summed E-state index contributed by atoms with van der Waals surface area (Å²) in [6.45, 7) is 4.91. The maximum atomic E-state index is 13.8. The Balaban J connectivity index is 1.46. The van der Waals surface area contributed by atoms with Crippen molar-refractivity contribution in [3.8, 4) is 11.4 Å². The summed E-state index contributed by atoms with van der Waals surface area (Å²) in [5.74, 6) is -0.423. The van der Waals surface area contributed by atoms with E-state index in [-0.39, 0.29) is 28.8 Å². The highest BCUT2D eigenvalue weighted by molar-refractivity contribution is 6.32. The van der Waals surface area contributed by atoms with Crippen molar-refractivity contribution in [3.63, 3.8) is 0 Å². The van der Waals surface area contributed by atoms with Gasteiger partial charge in [-0.3, -0.25) is 0 Å². The molecule has 0 amide bonds. The van der Waals surface area contributed by atoms with Crippen LogP contribution in [0.15, 0.2) is 72.9 Å². The van der Waals surface area contributed by atoms with Gasteiger partial charge >= 0.3 is 12.1 Å². The molecule has 0 radical (unpaired) electrons. The Morgan fingerprint density at radius 3 is 2.41 bits per heavy atom. The number of benzene rings is 3. The van der Waals surface area contributed by atoms with E-state index in [4.69, 9.17) is 21.4 Å². The first-order valence-electron chi connectivity index (χ1n) is 12.2. The van der Waals surface area contributed by atoms with Crippen molar-refractivity contribution in [1.29, 1.82) is 0 Å². The number of alkyl halides is 3. The van der Waals surface area contributed by atoms with Gasteiger partial charge in [0.2, 0.25) is 0 Å². The molecule has 0 aliphatic heterocycles. The smallest absolute Gasteiger partial charge is 0.418 e. The second kappa shape index (κ2) is 11.9. The van der Waals surface area contributed by atoms with Crippen LogP contribution in [0.3, 0.4) is 0 Å². The number of nitrogens with one attached hydrogen (secondary N) is 1. The lowest BCUT2D eigenvalue weighted by molar-refractivity contribution is -0.137. The fourth-order valence-electron chi connectivity index (χ4n) is 4.19. The van der Waals surface area contributed by atoms with Gasteiger partial charge in [-0.25, -0.2) is 9.48 Å². The van der Waals surface area contributed by atoms with Gasteiger partial charge in [0.1, 0.15) is 12.4 Å². The van der Waals surface area contributed by atoms with E-state index >= 15 is 0 Å². The van der Waals surface area contributed by atoms with Crippen molar-refractivity contribution in [1.82, 2.24) is 15.1 Å². The molecule has 1 heterocycles. The average molecular weight is 558 g/mol. The third kappa shape index (κ3) is 6.79. The molecule has 6 nitrogen and oxygen atoms in total. The zero-order valence-electron chi connectivity index (χ0n) is 21.3. The number of carboxylic acids is 1. The molecule has 3 aromatic carbocycles. The summed E-state index contributed by atoms with van der Waals surface area (Å²) in [6.07, 6.45) is -3.06. The zero-order chi connectivity index (χ0) is 28.2. The zero-order valence-corrected chi connectivity index (χ0v) is 22.1. The first-order chi connectivity index (χ1) is 18.5. The molecule has 0 spiro atoms. The second-order valence-corrected chi connectivity index (χ2v) is 9.70. The van der Waals surface area contributed by atoms with Crippen LogP contribution < -0.4 is 10.1 Å². The molecule has 204 valence electrons. The Kier molecular flexibility index (Phi) is 8.62. The molecular formula is C29H27ClF3N3O3. The van der Waals surface area contributed by atoms with Crippen molar-refractivity contribution in [2.45, 2.75) is 45.6 Å². The standard InChI is InChI=1S/C29H27ClF3N3O3/c1-18(2)23-16-35-36(27-24(29(31,32)33)7-4-8-25(27)30)26(23)17-39-22-11-9-19(10-12-22)14-34-15-20-5-3-6-21(13-20)28(37)38/h3-13,16,18,34H,14-15,17H2,1-2H3,(H,37,38). The van der Waals surface area contributed by atoms with Gasteiger partial charge in [-0.2, -0.15) is 18.3 Å². The Morgan fingerprint density at radius 2 is 1.74 bits per heavy atom. The van der Waals surface area contributed by atoms with Gasteiger partial charge in [0.05, 0.1) is 33.7 Å². The molecule has 0 unspecified atom stereocenters. The van der Waals surface area contributed by atoms with E-state index in [0.717, 1.165) is 22.8 Å². The maximum absolute atomic E-state index is 13.8. The normalized spacial score (nSPS) is 11.7. The molecule has 0 aliphatic rings. The number of hydrogen-bond acceptors (Lipinski definition) is 4. The van der Waals surface area contributed by atoms with E-state index in [0.29, 0.717) is 24.5 Å². The van der Waals surface area contributed by atoms with Gasteiger partial charge in [0.15, 0.2) is 0 Å². The summed E-state index contributed by atoms with van der Waals surface area (Å²) < 4.78 is 48.5. The fraction of sp³-hybridized carbons (Fsp3) is 0.241. The summed E-state index contributed by atoms with van der Waals surface area (Å²) in [5.41, 5.74) is 2.22. The van der Waals surface area contributed by atoms with Crippen molar-refractivity contribution in [2.24, 2.45) is 0 Å². The minimum Gasteiger partial charge on any atom is -0.487 e. The third-order valence-corrected chi connectivity index (χ3v) is 6.46. The van der Waals surface area contributed by atoms with Crippen LogP contribution in [0.5, 0.6) is 5.75 Å². The highest BCUT2D eigenvalue weighted by atomic mass is 35.5. The van der Waals surface area contributed by atoms with Gasteiger partial charge in [0.25, 0.3) is 0 Å². The molecule has 0 saturated carbocycles. The van der Waals surface area contributed by atoms with E-state index in [2.05, 4.69) is 10.4 Å². The van der Waals surface area contributed by atoms with Gasteiger partial charge < -0.3 is 15.2 Å². The highest BCUT2D eigenvalue weighted by Crippen LogP contribution is 2.38. The summed E-state index contributed by atoms with van der Waals surface area (Å²) >= 11 is 6.23. The molecule has 39 heavy (non-hydrogen) atoms. The van der Waals surface area contributed by atoms with E-state index in [1.54, 1.807) is 36.5 Å². The highest BCUT2D eigenvalue weighted by Gasteiger charge is 2.36. The Labute approximate surface area is 229 Å². The molecule has 0 saturated heterocycles. The SMILES string of the molecule is CC(C)c1cnn(-c2c(Cl)cccc2C(F)(F)F)c1COc1ccc(CNCc2cccc(C(=O)O)c2)cc1. The third-order valence-electron chi connectivity index (χ3n) is 6.16. The van der Waals surface area contributed by atoms with Crippen LogP contribution in [0, 0.1) is 0 Å². The predicted molar refractivity (Wildman–Crippen MR) is 142 cm³/mol. The number of aromatic carboxylic acids is 1. The predicted octanol–water partition coefficient (Wildman–Crippen LogP) is 7.23. The number of nitrogens with zero attached hydrogens (tertiary/aromatic N) is 2. The van der Waals surface area contributed by atoms with Crippen LogP contribution in [-0.2, 0) is 25.9 Å². The number of carbonyl (C=O) groups is 1. The molecular weight excluding hydrogens is 531 g/mol. The molecule has 10 heteroatoms. The summed E-state index contributed by atoms with van der Waals surface area (Å²) in [5, 5.41) is 16.6. The quantitative estimate of drug-likeness (QED) is 0.215. The monoisotopic (exact) mass is 557 g/mol. The molecule has 2 N–H and O–H groups in total. The van der Waals surface area contributed by atoms with E-state index in [9.17, 15) is 18.0 Å². The van der Waals surface area contributed by atoms with Crippen LogP contribution in [0.2, 0.25) is 5.02 Å². The van der Waals surface area contributed by atoms with Crippen molar-refractivity contribution >= 4 is 17.6 Å². The van der Waals surface area contributed by atoms with Crippen LogP contribution >= 0.6 is 11.6 Å². The van der Waals surface area contributed by atoms with E-state index in [1.165, 1.54) is 16.8 Å². The maximum Gasteiger partial charge on any atom is 0.418 e.